The lowest BCUT2D eigenvalue weighted by Gasteiger charge is -2.05. The van der Waals surface area contributed by atoms with Gasteiger partial charge < -0.3 is 14.8 Å². The zero-order valence-corrected chi connectivity index (χ0v) is 17.7. The zero-order valence-electron chi connectivity index (χ0n) is 17.7. The van der Waals surface area contributed by atoms with Crippen LogP contribution in [-0.2, 0) is 13.0 Å². The summed E-state index contributed by atoms with van der Waals surface area (Å²) < 4.78 is 19.4. The molecule has 0 spiro atoms. The van der Waals surface area contributed by atoms with Crippen LogP contribution in [0, 0.1) is 5.82 Å². The number of nitrogens with zero attached hydrogens (tertiary/aromatic N) is 5. The molecule has 5 rings (SSSR count). The number of imidazole rings is 1. The van der Waals surface area contributed by atoms with E-state index in [0.29, 0.717) is 24.2 Å². The molecule has 0 aliphatic carbocycles. The highest BCUT2D eigenvalue weighted by molar-refractivity contribution is 5.89. The number of aromatic amines is 1. The predicted molar refractivity (Wildman–Crippen MR) is 119 cm³/mol. The van der Waals surface area contributed by atoms with Crippen LogP contribution in [0.2, 0.25) is 0 Å². The summed E-state index contributed by atoms with van der Waals surface area (Å²) in [4.78, 5) is 36.3. The number of carbonyl (C=O) groups is 1. The summed E-state index contributed by atoms with van der Waals surface area (Å²) >= 11 is 0. The van der Waals surface area contributed by atoms with Crippen LogP contribution >= 0.6 is 0 Å². The van der Waals surface area contributed by atoms with Gasteiger partial charge in [0.2, 0.25) is 0 Å². The van der Waals surface area contributed by atoms with Crippen molar-refractivity contribution in [3.8, 4) is 11.3 Å². The molecule has 1 amide bonds. The fourth-order valence-corrected chi connectivity index (χ4v) is 3.38. The van der Waals surface area contributed by atoms with Gasteiger partial charge in [-0.15, -0.1) is 0 Å². The lowest BCUT2D eigenvalue weighted by Crippen LogP contribution is -2.26. The topological polar surface area (TPSA) is 132 Å². The van der Waals surface area contributed by atoms with E-state index in [1.807, 2.05) is 24.3 Å². The number of carbonyl (C=O) groups excluding carboxylic acids is 1. The van der Waals surface area contributed by atoms with Gasteiger partial charge in [-0.05, 0) is 42.5 Å². The van der Waals surface area contributed by atoms with Gasteiger partial charge in [-0.1, -0.05) is 17.3 Å². The van der Waals surface area contributed by atoms with Crippen LogP contribution in [0.3, 0.4) is 0 Å². The summed E-state index contributed by atoms with van der Waals surface area (Å²) in [7, 11) is 0. The van der Waals surface area contributed by atoms with Crippen molar-refractivity contribution < 1.29 is 13.7 Å². The number of rotatable bonds is 7. The van der Waals surface area contributed by atoms with E-state index in [1.165, 1.54) is 18.2 Å². The summed E-state index contributed by atoms with van der Waals surface area (Å²) in [5, 5.41) is 10.7. The molecule has 0 fully saturated rings. The van der Waals surface area contributed by atoms with Gasteiger partial charge >= 0.3 is 11.8 Å². The number of hydrogen-bond donors (Lipinski definition) is 2. The smallest absolute Gasteiger partial charge is 0.316 e. The molecule has 10 nitrogen and oxygen atoms in total. The maximum absolute atomic E-state index is 13.2. The van der Waals surface area contributed by atoms with Crippen LogP contribution in [0.15, 0.2) is 70.0 Å². The van der Waals surface area contributed by atoms with Crippen LogP contribution in [0.25, 0.3) is 22.3 Å². The second kappa shape index (κ2) is 9.06. The van der Waals surface area contributed by atoms with Crippen LogP contribution < -0.4 is 10.9 Å². The first-order valence-electron chi connectivity index (χ1n) is 10.4. The Bertz CT molecular complexity index is 1490. The molecular formula is C23H18FN7O3. The van der Waals surface area contributed by atoms with Crippen molar-refractivity contribution in [3.05, 3.63) is 94.4 Å². The Morgan fingerprint density at radius 1 is 1.06 bits per heavy atom. The molecule has 5 aromatic rings. The average molecular weight is 459 g/mol. The molecule has 0 radical (unpaired) electrons. The second-order valence-corrected chi connectivity index (χ2v) is 7.44. The first-order chi connectivity index (χ1) is 16.5. The molecule has 3 aromatic heterocycles. The van der Waals surface area contributed by atoms with Gasteiger partial charge in [0.15, 0.2) is 5.82 Å². The lowest BCUT2D eigenvalue weighted by molar-refractivity contribution is 0.0910. The van der Waals surface area contributed by atoms with Gasteiger partial charge in [0, 0.05) is 24.6 Å². The number of aromatic nitrogens is 6. The van der Waals surface area contributed by atoms with E-state index in [1.54, 1.807) is 18.2 Å². The normalized spacial score (nSPS) is 11.1. The van der Waals surface area contributed by atoms with Gasteiger partial charge in [-0.2, -0.15) is 10.1 Å². The third-order valence-corrected chi connectivity index (χ3v) is 5.05. The molecule has 0 saturated heterocycles. The van der Waals surface area contributed by atoms with Crippen molar-refractivity contribution in [2.75, 3.05) is 6.54 Å². The predicted octanol–water partition coefficient (Wildman–Crippen LogP) is 2.33. The van der Waals surface area contributed by atoms with Gasteiger partial charge in [-0.3, -0.25) is 9.59 Å². The van der Waals surface area contributed by atoms with Crippen molar-refractivity contribution in [2.24, 2.45) is 0 Å². The summed E-state index contributed by atoms with van der Waals surface area (Å²) in [6.45, 7) is 0.223. The highest BCUT2D eigenvalue weighted by atomic mass is 19.1. The third-order valence-electron chi connectivity index (χ3n) is 5.05. The first kappa shape index (κ1) is 21.2. The molecule has 0 atom stereocenters. The molecular weight excluding hydrogens is 441 g/mol. The van der Waals surface area contributed by atoms with E-state index in [-0.39, 0.29) is 29.6 Å². The number of hydrogen-bond acceptors (Lipinski definition) is 7. The Morgan fingerprint density at radius 2 is 1.88 bits per heavy atom. The minimum absolute atomic E-state index is 0.0936. The van der Waals surface area contributed by atoms with Crippen molar-refractivity contribution in [3.63, 3.8) is 0 Å². The Kier molecular flexibility index (Phi) is 5.65. The fourth-order valence-electron chi connectivity index (χ4n) is 3.38. The number of para-hydroxylation sites is 2. The molecule has 3 heterocycles. The van der Waals surface area contributed by atoms with Crippen LogP contribution in [0.5, 0.6) is 0 Å². The van der Waals surface area contributed by atoms with E-state index in [9.17, 15) is 14.0 Å². The maximum Gasteiger partial charge on any atom is 0.316 e. The summed E-state index contributed by atoms with van der Waals surface area (Å²) in [6.07, 6.45) is 0.497. The highest BCUT2D eigenvalue weighted by Crippen LogP contribution is 2.16. The molecule has 0 bridgehead atoms. The maximum atomic E-state index is 13.2. The standard InChI is InChI=1S/C23H18FN7O3/c24-15-7-5-14(6-8-15)16-9-10-21(32)31(29-16)13-20-28-23(34-30-20)22(33)25-12-11-19-26-17-3-1-2-4-18(17)27-19/h1-10H,11-13H2,(H,25,33)(H,26,27). The van der Waals surface area contributed by atoms with Crippen LogP contribution in [0.1, 0.15) is 22.3 Å². The Labute approximate surface area is 191 Å². The molecule has 0 aliphatic heterocycles. The summed E-state index contributed by atoms with van der Waals surface area (Å²) in [5.74, 6) is -0.252. The molecule has 2 aromatic carbocycles. The number of nitrogens with one attached hydrogen (secondary N) is 2. The van der Waals surface area contributed by atoms with Gasteiger partial charge in [0.25, 0.3) is 5.56 Å². The Morgan fingerprint density at radius 3 is 2.71 bits per heavy atom. The molecule has 170 valence electrons. The molecule has 0 aliphatic rings. The highest BCUT2D eigenvalue weighted by Gasteiger charge is 2.16. The largest absolute Gasteiger partial charge is 0.347 e. The van der Waals surface area contributed by atoms with Crippen molar-refractivity contribution >= 4 is 16.9 Å². The lowest BCUT2D eigenvalue weighted by atomic mass is 10.1. The van der Waals surface area contributed by atoms with Crippen LogP contribution in [0.4, 0.5) is 4.39 Å². The molecule has 34 heavy (non-hydrogen) atoms. The SMILES string of the molecule is O=C(NCCc1nc2ccccc2[nH]1)c1nc(Cn2nc(-c3ccc(F)cc3)ccc2=O)no1. The molecule has 0 saturated carbocycles. The van der Waals surface area contributed by atoms with E-state index < -0.39 is 5.91 Å². The Hall–Kier alpha value is -4.67. The summed E-state index contributed by atoms with van der Waals surface area (Å²) in [5.41, 5.74) is 2.53. The van der Waals surface area contributed by atoms with Crippen LogP contribution in [-0.4, -0.2) is 42.3 Å². The number of fused-ring (bicyclic) bond motifs is 1. The van der Waals surface area contributed by atoms with Gasteiger partial charge in [0.05, 0.1) is 16.7 Å². The second-order valence-electron chi connectivity index (χ2n) is 7.44. The minimum atomic E-state index is -0.532. The molecule has 0 unspecified atom stereocenters. The first-order valence-corrected chi connectivity index (χ1v) is 10.4. The molecule has 11 heteroatoms. The summed E-state index contributed by atoms with van der Waals surface area (Å²) in [6, 6.07) is 16.3. The minimum Gasteiger partial charge on any atom is -0.347 e. The van der Waals surface area contributed by atoms with Crippen molar-refractivity contribution in [2.45, 2.75) is 13.0 Å². The van der Waals surface area contributed by atoms with Gasteiger partial charge in [-0.25, -0.2) is 14.1 Å². The van der Waals surface area contributed by atoms with Crippen molar-refractivity contribution in [1.29, 1.82) is 0 Å². The van der Waals surface area contributed by atoms with Gasteiger partial charge in [0.1, 0.15) is 18.2 Å². The number of benzene rings is 2. The zero-order chi connectivity index (χ0) is 23.5. The fraction of sp³-hybridized carbons (Fsp3) is 0.130. The Balaban J connectivity index is 1.22. The monoisotopic (exact) mass is 459 g/mol. The number of H-pyrrole nitrogens is 1. The van der Waals surface area contributed by atoms with Crippen molar-refractivity contribution in [1.82, 2.24) is 35.2 Å². The average Bonchev–Trinajstić information content (AvgIpc) is 3.48. The third kappa shape index (κ3) is 4.58. The van der Waals surface area contributed by atoms with E-state index in [2.05, 4.69) is 30.5 Å². The molecule has 2 N–H and O–H groups in total. The number of amides is 1. The quantitative estimate of drug-likeness (QED) is 0.382. The number of halogens is 1. The van der Waals surface area contributed by atoms with E-state index in [0.717, 1.165) is 21.5 Å². The van der Waals surface area contributed by atoms with E-state index in [4.69, 9.17) is 4.52 Å². The van der Waals surface area contributed by atoms with E-state index >= 15 is 0 Å².